The number of hydrogen-bond acceptors (Lipinski definition) is 6. The summed E-state index contributed by atoms with van der Waals surface area (Å²) in [6.45, 7) is 7.72. The zero-order valence-corrected chi connectivity index (χ0v) is 15.8. The second kappa shape index (κ2) is 10.4. The van der Waals surface area contributed by atoms with Crippen LogP contribution >= 0.6 is 0 Å². The number of ether oxygens (including phenoxy) is 1. The molecule has 26 heavy (non-hydrogen) atoms. The molecule has 0 bridgehead atoms. The van der Waals surface area contributed by atoms with E-state index in [1.165, 1.54) is 5.56 Å². The van der Waals surface area contributed by atoms with Crippen LogP contribution in [0, 0.1) is 13.8 Å². The molecule has 1 fully saturated rings. The van der Waals surface area contributed by atoms with Crippen LogP contribution in [0.5, 0.6) is 0 Å². The summed E-state index contributed by atoms with van der Waals surface area (Å²) in [5.74, 6) is 0. The molecule has 1 aromatic rings. The molecule has 0 saturated carbocycles. The first-order chi connectivity index (χ1) is 12.5. The highest BCUT2D eigenvalue weighted by molar-refractivity contribution is 5.89. The van der Waals surface area contributed by atoms with E-state index in [1.807, 2.05) is 32.0 Å². The van der Waals surface area contributed by atoms with Gasteiger partial charge in [0.15, 0.2) is 0 Å². The van der Waals surface area contributed by atoms with Gasteiger partial charge in [0, 0.05) is 18.3 Å². The van der Waals surface area contributed by atoms with Gasteiger partial charge in [-0.15, -0.1) is 0 Å². The van der Waals surface area contributed by atoms with Gasteiger partial charge >= 0.3 is 6.03 Å². The second-order valence-corrected chi connectivity index (χ2v) is 6.64. The summed E-state index contributed by atoms with van der Waals surface area (Å²) >= 11 is 0. The van der Waals surface area contributed by atoms with Crippen molar-refractivity contribution in [3.05, 3.63) is 29.3 Å². The van der Waals surface area contributed by atoms with Gasteiger partial charge in [-0.05, 0) is 50.5 Å². The number of rotatable bonds is 8. The van der Waals surface area contributed by atoms with Crippen molar-refractivity contribution in [3.63, 3.8) is 0 Å². The summed E-state index contributed by atoms with van der Waals surface area (Å²) < 4.78 is 5.24. The number of benzene rings is 1. The molecule has 0 aliphatic carbocycles. The number of aliphatic hydroxyl groups is 1. The Morgan fingerprint density at radius 1 is 1.27 bits per heavy atom. The molecule has 3 atom stereocenters. The third-order valence-corrected chi connectivity index (χ3v) is 4.32. The molecule has 1 aliphatic rings. The number of aliphatic hydroxyl groups excluding tert-OH is 1. The number of carbonyl (C=O) groups is 1. The van der Waals surface area contributed by atoms with Crippen LogP contribution in [0.1, 0.15) is 24.5 Å². The van der Waals surface area contributed by atoms with E-state index in [0.29, 0.717) is 19.8 Å². The maximum Gasteiger partial charge on any atom is 0.321 e. The number of urea groups is 1. The number of hydrogen-bond donors (Lipinski definition) is 6. The number of carbonyl (C=O) groups excluding carboxylic acids is 1. The minimum absolute atomic E-state index is 0.0320. The zero-order valence-electron chi connectivity index (χ0n) is 15.8. The van der Waals surface area contributed by atoms with Crippen LogP contribution in [0.3, 0.4) is 0 Å². The minimum Gasteiger partial charge on any atom is -0.394 e. The van der Waals surface area contributed by atoms with Crippen LogP contribution in [-0.4, -0.2) is 56.0 Å². The van der Waals surface area contributed by atoms with Crippen LogP contribution < -0.4 is 26.6 Å². The molecule has 8 nitrogen and oxygen atoms in total. The van der Waals surface area contributed by atoms with Crippen molar-refractivity contribution in [3.8, 4) is 0 Å². The maximum absolute atomic E-state index is 12.3. The highest BCUT2D eigenvalue weighted by atomic mass is 16.5. The van der Waals surface area contributed by atoms with E-state index in [2.05, 4.69) is 33.5 Å². The standard InChI is InChI=1S/C18H31N5O3/c1-12-4-5-15(10-13(12)2)21-18(25)23-17-20-14(3)11-16(22-17)19-6-8-26-9-7-24/h4-5,10,14,16-17,19-20,22,24H,6-9,11H2,1-3H3,(H2,21,23,25). The summed E-state index contributed by atoms with van der Waals surface area (Å²) in [5.41, 5.74) is 3.10. The number of aryl methyl sites for hydroxylation is 2. The minimum atomic E-state index is -0.332. The molecule has 1 saturated heterocycles. The van der Waals surface area contributed by atoms with Crippen molar-refractivity contribution in [1.82, 2.24) is 21.3 Å². The Labute approximate surface area is 155 Å². The van der Waals surface area contributed by atoms with Crippen LogP contribution in [0.15, 0.2) is 18.2 Å². The van der Waals surface area contributed by atoms with Crippen LogP contribution in [0.2, 0.25) is 0 Å². The predicted molar refractivity (Wildman–Crippen MR) is 102 cm³/mol. The van der Waals surface area contributed by atoms with Crippen molar-refractivity contribution >= 4 is 11.7 Å². The lowest BCUT2D eigenvalue weighted by Crippen LogP contribution is -2.67. The van der Waals surface area contributed by atoms with Gasteiger partial charge in [0.05, 0.1) is 26.0 Å². The van der Waals surface area contributed by atoms with Gasteiger partial charge in [0.25, 0.3) is 0 Å². The Kier molecular flexibility index (Phi) is 8.27. The van der Waals surface area contributed by atoms with Gasteiger partial charge in [-0.2, -0.15) is 0 Å². The predicted octanol–water partition coefficient (Wildman–Crippen LogP) is 0.605. The van der Waals surface area contributed by atoms with Gasteiger partial charge in [0.1, 0.15) is 6.29 Å². The monoisotopic (exact) mass is 365 g/mol. The molecule has 0 radical (unpaired) electrons. The van der Waals surface area contributed by atoms with Gasteiger partial charge in [-0.3, -0.25) is 16.0 Å². The molecule has 1 aromatic carbocycles. The van der Waals surface area contributed by atoms with Crippen molar-refractivity contribution < 1.29 is 14.6 Å². The summed E-state index contributed by atoms with van der Waals surface area (Å²) in [6, 6.07) is 5.82. The summed E-state index contributed by atoms with van der Waals surface area (Å²) in [6.07, 6.45) is 0.619. The molecule has 3 unspecified atom stereocenters. The van der Waals surface area contributed by atoms with Gasteiger partial charge in [-0.25, -0.2) is 4.79 Å². The average molecular weight is 365 g/mol. The van der Waals surface area contributed by atoms with Crippen molar-refractivity contribution in [2.24, 2.45) is 0 Å². The van der Waals surface area contributed by atoms with Gasteiger partial charge < -0.3 is 20.5 Å². The van der Waals surface area contributed by atoms with Crippen molar-refractivity contribution in [2.45, 2.75) is 45.7 Å². The normalized spacial score (nSPS) is 22.8. The van der Waals surface area contributed by atoms with Crippen molar-refractivity contribution in [2.75, 3.05) is 31.7 Å². The molecule has 6 N–H and O–H groups in total. The lowest BCUT2D eigenvalue weighted by molar-refractivity contribution is 0.0890. The molecule has 8 heteroatoms. The third-order valence-electron chi connectivity index (χ3n) is 4.32. The zero-order chi connectivity index (χ0) is 18.9. The number of nitrogens with one attached hydrogen (secondary N) is 5. The smallest absolute Gasteiger partial charge is 0.321 e. The van der Waals surface area contributed by atoms with Crippen molar-refractivity contribution in [1.29, 1.82) is 0 Å². The Morgan fingerprint density at radius 3 is 2.81 bits per heavy atom. The van der Waals surface area contributed by atoms with Crippen LogP contribution in [0.4, 0.5) is 10.5 Å². The molecule has 1 heterocycles. The fourth-order valence-corrected chi connectivity index (χ4v) is 2.84. The molecule has 2 amide bonds. The first kappa shape index (κ1) is 20.6. The van der Waals surface area contributed by atoms with E-state index < -0.39 is 0 Å². The van der Waals surface area contributed by atoms with E-state index in [9.17, 15) is 4.79 Å². The Bertz CT molecular complexity index is 584. The molecule has 2 rings (SSSR count). The lowest BCUT2D eigenvalue weighted by atomic mass is 10.1. The molecule has 0 aromatic heterocycles. The van der Waals surface area contributed by atoms with E-state index in [-0.39, 0.29) is 31.1 Å². The highest BCUT2D eigenvalue weighted by Gasteiger charge is 2.25. The third kappa shape index (κ3) is 6.89. The summed E-state index contributed by atoms with van der Waals surface area (Å²) in [4.78, 5) is 12.3. The van der Waals surface area contributed by atoms with E-state index >= 15 is 0 Å². The quantitative estimate of drug-likeness (QED) is 0.377. The number of amides is 2. The summed E-state index contributed by atoms with van der Waals surface area (Å²) in [5, 5.41) is 24.4. The molecule has 1 aliphatic heterocycles. The highest BCUT2D eigenvalue weighted by Crippen LogP contribution is 2.14. The molecule has 146 valence electrons. The Balaban J connectivity index is 1.77. The number of anilines is 1. The van der Waals surface area contributed by atoms with Crippen LogP contribution in [0.25, 0.3) is 0 Å². The van der Waals surface area contributed by atoms with Gasteiger partial charge in [-0.1, -0.05) is 6.07 Å². The van der Waals surface area contributed by atoms with Gasteiger partial charge in [0.2, 0.25) is 0 Å². The fourth-order valence-electron chi connectivity index (χ4n) is 2.84. The Hall–Kier alpha value is -1.71. The lowest BCUT2D eigenvalue weighted by Gasteiger charge is -2.36. The topological polar surface area (TPSA) is 107 Å². The fraction of sp³-hybridized carbons (Fsp3) is 0.611. The van der Waals surface area contributed by atoms with E-state index in [0.717, 1.165) is 17.7 Å². The second-order valence-electron chi connectivity index (χ2n) is 6.64. The molecular formula is C18H31N5O3. The van der Waals surface area contributed by atoms with E-state index in [4.69, 9.17) is 9.84 Å². The maximum atomic E-state index is 12.3. The van der Waals surface area contributed by atoms with Crippen LogP contribution in [-0.2, 0) is 4.74 Å². The molecule has 0 spiro atoms. The molecular weight excluding hydrogens is 334 g/mol. The van der Waals surface area contributed by atoms with E-state index in [1.54, 1.807) is 0 Å². The first-order valence-electron chi connectivity index (χ1n) is 9.07. The first-order valence-corrected chi connectivity index (χ1v) is 9.07. The largest absolute Gasteiger partial charge is 0.394 e. The summed E-state index contributed by atoms with van der Waals surface area (Å²) in [7, 11) is 0. The Morgan fingerprint density at radius 2 is 2.08 bits per heavy atom. The SMILES string of the molecule is Cc1ccc(NC(=O)NC2NC(C)CC(NCCOCCO)N2)cc1C. The average Bonchev–Trinajstić information content (AvgIpc) is 2.57.